The molecule has 98 valence electrons. The number of hydrogen-bond acceptors (Lipinski definition) is 1. The molecule has 18 heavy (non-hydrogen) atoms. The minimum absolute atomic E-state index is 0.158. The Hall–Kier alpha value is -1.37. The number of allylic oxidation sites excluding steroid dienone is 1. The highest BCUT2D eigenvalue weighted by Crippen LogP contribution is 2.17. The maximum atomic E-state index is 12.2. The second kappa shape index (κ2) is 5.99. The third-order valence-corrected chi connectivity index (χ3v) is 2.36. The van der Waals surface area contributed by atoms with E-state index < -0.39 is 11.9 Å². The zero-order chi connectivity index (χ0) is 13.8. The van der Waals surface area contributed by atoms with Gasteiger partial charge in [-0.1, -0.05) is 17.7 Å². The van der Waals surface area contributed by atoms with Crippen LogP contribution in [-0.2, 0) is 0 Å². The zero-order valence-electron chi connectivity index (χ0n) is 9.39. The van der Waals surface area contributed by atoms with Gasteiger partial charge in [0.1, 0.15) is 17.9 Å². The standard InChI is InChI=1S/C11H11ClF3N3/c12-7-2-1-3-8(4-7)18-9(6-16)5-10(17)11(13,14)15/h1-5,17-18H,6,16H2/p+2. The van der Waals surface area contributed by atoms with E-state index in [1.54, 1.807) is 24.3 Å². The van der Waals surface area contributed by atoms with E-state index in [2.05, 4.69) is 5.73 Å². The highest BCUT2D eigenvalue weighted by atomic mass is 35.5. The Labute approximate surface area is 107 Å². The molecule has 0 amide bonds. The van der Waals surface area contributed by atoms with E-state index in [1.165, 1.54) is 5.32 Å². The summed E-state index contributed by atoms with van der Waals surface area (Å²) in [7, 11) is 0. The molecule has 1 rings (SSSR count). The van der Waals surface area contributed by atoms with E-state index in [9.17, 15) is 13.2 Å². The van der Waals surface area contributed by atoms with Gasteiger partial charge in [0, 0.05) is 17.2 Å². The Morgan fingerprint density at radius 3 is 2.61 bits per heavy atom. The molecule has 0 saturated carbocycles. The molecular formula is C11H13ClF3N3+2. The molecule has 0 spiro atoms. The van der Waals surface area contributed by atoms with E-state index in [-0.39, 0.29) is 6.54 Å². The molecule has 0 aliphatic heterocycles. The van der Waals surface area contributed by atoms with Crippen LogP contribution < -0.4 is 11.1 Å². The van der Waals surface area contributed by atoms with E-state index in [0.29, 0.717) is 16.4 Å². The summed E-state index contributed by atoms with van der Waals surface area (Å²) in [6.07, 6.45) is -3.86. The molecule has 0 radical (unpaired) electrons. The van der Waals surface area contributed by atoms with Crippen LogP contribution in [0.4, 0.5) is 18.9 Å². The smallest absolute Gasteiger partial charge is 0.349 e. The topological polar surface area (TPSA) is 68.1 Å². The molecule has 1 aromatic carbocycles. The van der Waals surface area contributed by atoms with Crippen molar-refractivity contribution in [1.82, 2.24) is 0 Å². The first kappa shape index (κ1) is 14.7. The van der Waals surface area contributed by atoms with Crippen molar-refractivity contribution >= 4 is 23.0 Å². The van der Waals surface area contributed by atoms with Gasteiger partial charge in [0.05, 0.1) is 0 Å². The number of benzene rings is 1. The number of nitrogens with one attached hydrogen (secondary N) is 1. The second-order valence-electron chi connectivity index (χ2n) is 3.58. The lowest BCUT2D eigenvalue weighted by atomic mass is 10.2. The summed E-state index contributed by atoms with van der Waals surface area (Å²) in [4.78, 5) is 0. The Balaban J connectivity index is 2.86. The van der Waals surface area contributed by atoms with Gasteiger partial charge in [0.2, 0.25) is 0 Å². The van der Waals surface area contributed by atoms with Crippen molar-refractivity contribution in [2.24, 2.45) is 0 Å². The van der Waals surface area contributed by atoms with Crippen LogP contribution in [-0.4, -0.2) is 18.4 Å². The number of rotatable bonds is 4. The van der Waals surface area contributed by atoms with Crippen LogP contribution in [0.1, 0.15) is 0 Å². The van der Waals surface area contributed by atoms with Gasteiger partial charge in [-0.3, -0.25) is 10.7 Å². The van der Waals surface area contributed by atoms with Gasteiger partial charge in [0.15, 0.2) is 5.70 Å². The van der Waals surface area contributed by atoms with E-state index in [0.717, 1.165) is 6.08 Å². The first-order valence-corrected chi connectivity index (χ1v) is 5.46. The van der Waals surface area contributed by atoms with Gasteiger partial charge < -0.3 is 5.73 Å². The summed E-state index contributed by atoms with van der Waals surface area (Å²) >= 11 is 5.77. The van der Waals surface area contributed by atoms with Crippen molar-refractivity contribution in [3.05, 3.63) is 41.1 Å². The zero-order valence-corrected chi connectivity index (χ0v) is 10.1. The highest BCUT2D eigenvalue weighted by Gasteiger charge is 2.33. The normalized spacial score (nSPS) is 12.6. The van der Waals surface area contributed by atoms with Gasteiger partial charge in [-0.15, -0.1) is 0 Å². The maximum Gasteiger partial charge on any atom is 0.432 e. The fourth-order valence-corrected chi connectivity index (χ4v) is 1.46. The van der Waals surface area contributed by atoms with E-state index in [1.807, 2.05) is 0 Å². The first-order valence-electron chi connectivity index (χ1n) is 5.09. The number of alkyl halides is 3. The number of hydrogen-bond donors (Lipinski definition) is 3. The second-order valence-corrected chi connectivity index (χ2v) is 4.02. The average molecular weight is 280 g/mol. The summed E-state index contributed by atoms with van der Waals surface area (Å²) < 4.78 is 36.7. The summed E-state index contributed by atoms with van der Waals surface area (Å²) in [5.74, 6) is 0. The Morgan fingerprint density at radius 2 is 2.11 bits per heavy atom. The van der Waals surface area contributed by atoms with Crippen LogP contribution in [0.3, 0.4) is 0 Å². The number of quaternary nitrogens is 2. The van der Waals surface area contributed by atoms with Crippen LogP contribution in [0, 0.1) is 5.41 Å². The van der Waals surface area contributed by atoms with Crippen LogP contribution in [0.2, 0.25) is 5.02 Å². The van der Waals surface area contributed by atoms with Crippen molar-refractivity contribution in [3.63, 3.8) is 0 Å². The van der Waals surface area contributed by atoms with Crippen LogP contribution in [0.15, 0.2) is 36.0 Å². The molecule has 1 aromatic rings. The van der Waals surface area contributed by atoms with Crippen LogP contribution >= 0.6 is 11.6 Å². The molecule has 0 aromatic heterocycles. The molecule has 7 heteroatoms. The molecular weight excluding hydrogens is 267 g/mol. The monoisotopic (exact) mass is 279 g/mol. The van der Waals surface area contributed by atoms with E-state index in [4.69, 9.17) is 17.0 Å². The Bertz CT molecular complexity index is 469. The molecule has 0 fully saturated rings. The molecule has 0 aliphatic carbocycles. The third-order valence-electron chi connectivity index (χ3n) is 2.12. The van der Waals surface area contributed by atoms with Gasteiger partial charge in [-0.05, 0) is 12.1 Å². The van der Waals surface area contributed by atoms with Crippen LogP contribution in [0.5, 0.6) is 0 Å². The summed E-state index contributed by atoms with van der Waals surface area (Å²) in [5, 5.41) is 8.93. The lowest BCUT2D eigenvalue weighted by Crippen LogP contribution is -2.80. The lowest BCUT2D eigenvalue weighted by Gasteiger charge is -2.05. The number of nitrogens with two attached hydrogens (primary N) is 1. The quantitative estimate of drug-likeness (QED) is 0.548. The van der Waals surface area contributed by atoms with Gasteiger partial charge in [-0.2, -0.15) is 13.2 Å². The minimum atomic E-state index is -4.64. The van der Waals surface area contributed by atoms with Crippen molar-refractivity contribution in [2.75, 3.05) is 6.54 Å². The first-order chi connectivity index (χ1) is 8.32. The predicted octanol–water partition coefficient (Wildman–Crippen LogP) is 1.24. The van der Waals surface area contributed by atoms with Gasteiger partial charge >= 0.3 is 6.18 Å². The summed E-state index contributed by atoms with van der Waals surface area (Å²) in [6, 6.07) is 6.71. The average Bonchev–Trinajstić information content (AvgIpc) is 2.26. The summed E-state index contributed by atoms with van der Waals surface area (Å²) in [6.45, 7) is 0.158. The summed E-state index contributed by atoms with van der Waals surface area (Å²) in [5.41, 5.74) is 3.15. The molecule has 0 heterocycles. The molecule has 0 aliphatic rings. The Kier molecular flexibility index (Phi) is 4.89. The molecule has 3 nitrogen and oxygen atoms in total. The molecule has 0 saturated heterocycles. The molecule has 0 atom stereocenters. The van der Waals surface area contributed by atoms with Crippen molar-refractivity contribution in [3.8, 4) is 0 Å². The predicted molar refractivity (Wildman–Crippen MR) is 62.7 cm³/mol. The van der Waals surface area contributed by atoms with E-state index >= 15 is 0 Å². The van der Waals surface area contributed by atoms with Crippen molar-refractivity contribution in [2.45, 2.75) is 6.18 Å². The SMILES string of the molecule is N=C(C=C(C[NH3+])[NH2+]c1cccc(Cl)c1)C(F)(F)F. The van der Waals surface area contributed by atoms with Crippen molar-refractivity contribution in [1.29, 1.82) is 5.41 Å². The van der Waals surface area contributed by atoms with Gasteiger partial charge in [-0.25, -0.2) is 0 Å². The van der Waals surface area contributed by atoms with Gasteiger partial charge in [0.25, 0.3) is 0 Å². The van der Waals surface area contributed by atoms with Crippen molar-refractivity contribution < 1.29 is 24.2 Å². The fraction of sp³-hybridized carbons (Fsp3) is 0.182. The van der Waals surface area contributed by atoms with Crippen LogP contribution in [0.25, 0.3) is 0 Å². The maximum absolute atomic E-state index is 12.2. The minimum Gasteiger partial charge on any atom is -0.349 e. The molecule has 0 unspecified atom stereocenters. The highest BCUT2D eigenvalue weighted by molar-refractivity contribution is 6.30. The largest absolute Gasteiger partial charge is 0.432 e. The molecule has 0 bridgehead atoms. The Morgan fingerprint density at radius 1 is 1.44 bits per heavy atom. The third kappa shape index (κ3) is 4.48. The lowest BCUT2D eigenvalue weighted by molar-refractivity contribution is -0.544. The fourth-order valence-electron chi connectivity index (χ4n) is 1.26. The molecule has 6 N–H and O–H groups in total. The number of halogens is 4.